The predicted molar refractivity (Wildman–Crippen MR) is 127 cm³/mol. The number of aromatic nitrogens is 4. The molecule has 2 heterocycles. The summed E-state index contributed by atoms with van der Waals surface area (Å²) in [4.78, 5) is 16.5. The van der Waals surface area contributed by atoms with Gasteiger partial charge in [-0.3, -0.25) is 14.3 Å². The number of hydrazone groups is 1. The molecule has 1 N–H and O–H groups in total. The second-order valence-electron chi connectivity index (χ2n) is 6.74. The van der Waals surface area contributed by atoms with Crippen molar-refractivity contribution in [1.82, 2.24) is 25.2 Å². The van der Waals surface area contributed by atoms with Gasteiger partial charge in [0, 0.05) is 28.7 Å². The highest BCUT2D eigenvalue weighted by Gasteiger charge is 2.17. The highest BCUT2D eigenvalue weighted by atomic mass is 35.5. The fourth-order valence-corrected chi connectivity index (χ4v) is 3.80. The molecule has 0 aliphatic rings. The first kappa shape index (κ1) is 21.7. The number of carbonyl (C=O) groups excluding carboxylic acids is 1. The predicted octanol–water partition coefficient (Wildman–Crippen LogP) is 4.62. The summed E-state index contributed by atoms with van der Waals surface area (Å²) in [6.45, 7) is 1.85. The van der Waals surface area contributed by atoms with Crippen molar-refractivity contribution in [1.29, 1.82) is 0 Å². The first-order valence-corrected chi connectivity index (χ1v) is 11.1. The Balaban J connectivity index is 1.53. The van der Waals surface area contributed by atoms with Gasteiger partial charge in [-0.05, 0) is 48.9 Å². The van der Waals surface area contributed by atoms with E-state index in [9.17, 15) is 4.79 Å². The lowest BCUT2D eigenvalue weighted by Crippen LogP contribution is -2.21. The fraction of sp³-hybridized carbons (Fsp3) is 0.0870. The molecule has 0 aliphatic carbocycles. The standard InChI is InChI=1S/C23H19ClN6OS/c1-16(17-5-3-2-4-6-17)26-27-21(31)15-32-23-29-28-22(18-11-13-25-14-12-18)30(23)20-9-7-19(24)8-10-20/h2-14H,15H2,1H3,(H,27,31). The summed E-state index contributed by atoms with van der Waals surface area (Å²) in [6.07, 6.45) is 3.40. The van der Waals surface area contributed by atoms with Crippen molar-refractivity contribution in [2.45, 2.75) is 12.1 Å². The maximum absolute atomic E-state index is 12.4. The number of nitrogens with zero attached hydrogens (tertiary/aromatic N) is 5. The van der Waals surface area contributed by atoms with Crippen LogP contribution in [0.1, 0.15) is 12.5 Å². The molecule has 0 saturated heterocycles. The third kappa shape index (κ3) is 5.22. The van der Waals surface area contributed by atoms with E-state index in [4.69, 9.17) is 11.6 Å². The Morgan fingerprint density at radius 1 is 1.03 bits per heavy atom. The van der Waals surface area contributed by atoms with Crippen LogP contribution in [0.2, 0.25) is 5.02 Å². The van der Waals surface area contributed by atoms with E-state index in [1.165, 1.54) is 11.8 Å². The Labute approximate surface area is 194 Å². The molecule has 32 heavy (non-hydrogen) atoms. The zero-order valence-electron chi connectivity index (χ0n) is 17.1. The van der Waals surface area contributed by atoms with Gasteiger partial charge in [-0.25, -0.2) is 5.43 Å². The topological polar surface area (TPSA) is 85.1 Å². The van der Waals surface area contributed by atoms with E-state index < -0.39 is 0 Å². The molecule has 0 fully saturated rings. The zero-order chi connectivity index (χ0) is 22.3. The number of amides is 1. The number of pyridine rings is 1. The van der Waals surface area contributed by atoms with E-state index in [1.807, 2.05) is 66.1 Å². The number of thioether (sulfide) groups is 1. The number of halogens is 1. The van der Waals surface area contributed by atoms with Crippen LogP contribution < -0.4 is 5.43 Å². The van der Waals surface area contributed by atoms with Crippen molar-refractivity contribution in [2.24, 2.45) is 5.10 Å². The minimum absolute atomic E-state index is 0.133. The summed E-state index contributed by atoms with van der Waals surface area (Å²) in [6, 6.07) is 20.8. The van der Waals surface area contributed by atoms with Crippen LogP contribution in [0.15, 0.2) is 89.4 Å². The van der Waals surface area contributed by atoms with Gasteiger partial charge in [-0.2, -0.15) is 5.10 Å². The van der Waals surface area contributed by atoms with Gasteiger partial charge < -0.3 is 0 Å². The van der Waals surface area contributed by atoms with Crippen molar-refractivity contribution >= 4 is 35.0 Å². The van der Waals surface area contributed by atoms with Crippen molar-refractivity contribution in [3.63, 3.8) is 0 Å². The van der Waals surface area contributed by atoms with Gasteiger partial charge in [0.15, 0.2) is 11.0 Å². The smallest absolute Gasteiger partial charge is 0.250 e. The van der Waals surface area contributed by atoms with Crippen LogP contribution in [0.3, 0.4) is 0 Å². The quantitative estimate of drug-likeness (QED) is 0.246. The molecule has 1 amide bonds. The second kappa shape index (κ2) is 10.2. The molecule has 0 spiro atoms. The summed E-state index contributed by atoms with van der Waals surface area (Å²) in [5.74, 6) is 0.546. The number of hydrogen-bond donors (Lipinski definition) is 1. The maximum Gasteiger partial charge on any atom is 0.250 e. The van der Waals surface area contributed by atoms with E-state index >= 15 is 0 Å². The molecule has 7 nitrogen and oxygen atoms in total. The van der Waals surface area contributed by atoms with Gasteiger partial charge in [-0.1, -0.05) is 53.7 Å². The molecule has 0 radical (unpaired) electrons. The third-order valence-electron chi connectivity index (χ3n) is 4.53. The first-order valence-electron chi connectivity index (χ1n) is 9.75. The van der Waals surface area contributed by atoms with Gasteiger partial charge in [-0.15, -0.1) is 10.2 Å². The summed E-state index contributed by atoms with van der Waals surface area (Å²) in [7, 11) is 0. The fourth-order valence-electron chi connectivity index (χ4n) is 2.93. The number of hydrogen-bond acceptors (Lipinski definition) is 6. The van der Waals surface area contributed by atoms with Crippen LogP contribution in [0.25, 0.3) is 17.1 Å². The normalized spacial score (nSPS) is 11.4. The van der Waals surface area contributed by atoms with E-state index in [1.54, 1.807) is 24.5 Å². The molecular formula is C23H19ClN6OS. The SMILES string of the molecule is CC(=NNC(=O)CSc1nnc(-c2ccncc2)n1-c1ccc(Cl)cc1)c1ccccc1. The van der Waals surface area contributed by atoms with Crippen LogP contribution in [0.5, 0.6) is 0 Å². The minimum atomic E-state index is -0.235. The average molecular weight is 463 g/mol. The van der Waals surface area contributed by atoms with Crippen molar-refractivity contribution < 1.29 is 4.79 Å². The Bertz CT molecular complexity index is 1230. The van der Waals surface area contributed by atoms with Crippen LogP contribution in [0.4, 0.5) is 0 Å². The lowest BCUT2D eigenvalue weighted by molar-refractivity contribution is -0.118. The van der Waals surface area contributed by atoms with Gasteiger partial charge in [0.05, 0.1) is 11.5 Å². The summed E-state index contributed by atoms with van der Waals surface area (Å²) >= 11 is 7.33. The van der Waals surface area contributed by atoms with Crippen molar-refractivity contribution in [3.05, 3.63) is 89.7 Å². The highest BCUT2D eigenvalue weighted by Crippen LogP contribution is 2.28. The molecule has 0 saturated carbocycles. The second-order valence-corrected chi connectivity index (χ2v) is 8.12. The molecule has 0 aliphatic heterocycles. The maximum atomic E-state index is 12.4. The Kier molecular flexibility index (Phi) is 6.94. The average Bonchev–Trinajstić information content (AvgIpc) is 3.27. The highest BCUT2D eigenvalue weighted by molar-refractivity contribution is 7.99. The van der Waals surface area contributed by atoms with Crippen molar-refractivity contribution in [2.75, 3.05) is 5.75 Å². The van der Waals surface area contributed by atoms with Gasteiger partial charge in [0.25, 0.3) is 5.91 Å². The lowest BCUT2D eigenvalue weighted by atomic mass is 10.1. The van der Waals surface area contributed by atoms with Crippen LogP contribution in [0, 0.1) is 0 Å². The van der Waals surface area contributed by atoms with E-state index in [2.05, 4.69) is 25.7 Å². The molecule has 0 atom stereocenters. The largest absolute Gasteiger partial charge is 0.272 e. The molecule has 0 unspecified atom stereocenters. The Morgan fingerprint density at radius 3 is 2.47 bits per heavy atom. The molecule has 9 heteroatoms. The molecule has 160 valence electrons. The molecule has 4 aromatic rings. The molecule has 2 aromatic heterocycles. The molecule has 0 bridgehead atoms. The number of rotatable bonds is 7. The summed E-state index contributed by atoms with van der Waals surface area (Å²) in [5.41, 5.74) is 5.98. The summed E-state index contributed by atoms with van der Waals surface area (Å²) < 4.78 is 1.89. The lowest BCUT2D eigenvalue weighted by Gasteiger charge is -2.10. The van der Waals surface area contributed by atoms with Crippen LogP contribution in [-0.2, 0) is 4.79 Å². The van der Waals surface area contributed by atoms with E-state index in [-0.39, 0.29) is 11.7 Å². The monoisotopic (exact) mass is 462 g/mol. The van der Waals surface area contributed by atoms with E-state index in [0.717, 1.165) is 22.5 Å². The Morgan fingerprint density at radius 2 is 1.75 bits per heavy atom. The number of carbonyl (C=O) groups is 1. The molecular weight excluding hydrogens is 444 g/mol. The van der Waals surface area contributed by atoms with Gasteiger partial charge in [0.2, 0.25) is 0 Å². The van der Waals surface area contributed by atoms with Gasteiger partial charge in [0.1, 0.15) is 0 Å². The zero-order valence-corrected chi connectivity index (χ0v) is 18.7. The van der Waals surface area contributed by atoms with Gasteiger partial charge >= 0.3 is 0 Å². The number of nitrogens with one attached hydrogen (secondary N) is 1. The number of benzene rings is 2. The van der Waals surface area contributed by atoms with Crippen LogP contribution >= 0.6 is 23.4 Å². The third-order valence-corrected chi connectivity index (χ3v) is 5.71. The van der Waals surface area contributed by atoms with E-state index in [0.29, 0.717) is 16.0 Å². The van der Waals surface area contributed by atoms with Crippen LogP contribution in [-0.4, -0.2) is 37.1 Å². The van der Waals surface area contributed by atoms with Crippen molar-refractivity contribution in [3.8, 4) is 17.1 Å². The summed E-state index contributed by atoms with van der Waals surface area (Å²) in [5, 5.41) is 14.1. The Hall–Kier alpha value is -3.49. The minimum Gasteiger partial charge on any atom is -0.272 e. The molecule has 4 rings (SSSR count). The first-order chi connectivity index (χ1) is 15.6. The molecule has 2 aromatic carbocycles.